The van der Waals surface area contributed by atoms with Crippen molar-refractivity contribution in [3.8, 4) is 0 Å². The Morgan fingerprint density at radius 1 is 1.88 bits per heavy atom. The lowest BCUT2D eigenvalue weighted by Gasteiger charge is -2.08. The quantitative estimate of drug-likeness (QED) is 0.572. The largest absolute Gasteiger partial charge is 0.468 e. The first-order valence-electron chi connectivity index (χ1n) is 2.63. The van der Waals surface area contributed by atoms with Crippen LogP contribution in [-0.4, -0.2) is 11.3 Å². The smallest absolute Gasteiger partial charge is 0.254 e. The summed E-state index contributed by atoms with van der Waals surface area (Å²) in [7, 11) is 0. The van der Waals surface area contributed by atoms with Crippen LogP contribution in [0.15, 0.2) is 0 Å². The molecule has 0 aromatic heterocycles. The minimum Gasteiger partial charge on any atom is -0.468 e. The van der Waals surface area contributed by atoms with Gasteiger partial charge in [-0.1, -0.05) is 6.92 Å². The Labute approximate surface area is 55.0 Å². The van der Waals surface area contributed by atoms with E-state index < -0.39 is 0 Å². The summed E-state index contributed by atoms with van der Waals surface area (Å²) in [5, 5.41) is 0.138. The van der Waals surface area contributed by atoms with Crippen molar-refractivity contribution >= 4 is 17.4 Å². The SMILES string of the molecule is CCC(C)OC(N)=S. The summed E-state index contributed by atoms with van der Waals surface area (Å²) in [4.78, 5) is 0. The van der Waals surface area contributed by atoms with Crippen molar-refractivity contribution in [1.82, 2.24) is 0 Å². The molecule has 3 heteroatoms. The van der Waals surface area contributed by atoms with E-state index in [1.807, 2.05) is 13.8 Å². The molecule has 0 aromatic rings. The first-order chi connectivity index (χ1) is 3.66. The van der Waals surface area contributed by atoms with E-state index in [-0.39, 0.29) is 11.3 Å². The zero-order valence-corrected chi connectivity index (χ0v) is 5.99. The lowest BCUT2D eigenvalue weighted by Crippen LogP contribution is -2.19. The van der Waals surface area contributed by atoms with E-state index in [0.29, 0.717) is 0 Å². The van der Waals surface area contributed by atoms with Gasteiger partial charge in [-0.25, -0.2) is 0 Å². The van der Waals surface area contributed by atoms with E-state index in [4.69, 9.17) is 10.5 Å². The van der Waals surface area contributed by atoms with Crippen molar-refractivity contribution in [2.75, 3.05) is 0 Å². The van der Waals surface area contributed by atoms with Crippen LogP contribution in [0.2, 0.25) is 0 Å². The van der Waals surface area contributed by atoms with Gasteiger partial charge in [0, 0.05) is 0 Å². The summed E-state index contributed by atoms with van der Waals surface area (Å²) in [6.45, 7) is 3.95. The van der Waals surface area contributed by atoms with Gasteiger partial charge in [0.2, 0.25) is 0 Å². The van der Waals surface area contributed by atoms with Gasteiger partial charge in [0.25, 0.3) is 5.17 Å². The van der Waals surface area contributed by atoms with Gasteiger partial charge in [0.1, 0.15) is 0 Å². The normalized spacial score (nSPS) is 12.8. The summed E-state index contributed by atoms with van der Waals surface area (Å²) in [6, 6.07) is 0. The summed E-state index contributed by atoms with van der Waals surface area (Å²) < 4.78 is 4.91. The zero-order valence-electron chi connectivity index (χ0n) is 5.18. The molecule has 0 saturated carbocycles. The van der Waals surface area contributed by atoms with Crippen LogP contribution in [-0.2, 0) is 4.74 Å². The second kappa shape index (κ2) is 3.66. The lowest BCUT2D eigenvalue weighted by atomic mass is 10.3. The highest BCUT2D eigenvalue weighted by Gasteiger charge is 1.97. The van der Waals surface area contributed by atoms with Crippen LogP contribution in [0.5, 0.6) is 0 Å². The van der Waals surface area contributed by atoms with Crippen molar-refractivity contribution in [1.29, 1.82) is 0 Å². The molecule has 0 radical (unpaired) electrons. The number of hydrogen-bond donors (Lipinski definition) is 1. The van der Waals surface area contributed by atoms with E-state index in [1.54, 1.807) is 0 Å². The third kappa shape index (κ3) is 3.87. The van der Waals surface area contributed by atoms with Crippen LogP contribution in [0.4, 0.5) is 0 Å². The van der Waals surface area contributed by atoms with Gasteiger partial charge >= 0.3 is 0 Å². The second-order valence-corrected chi connectivity index (χ2v) is 2.06. The molecule has 0 aliphatic heterocycles. The number of ether oxygens (including phenoxy) is 1. The molecule has 0 aliphatic carbocycles. The monoisotopic (exact) mass is 133 g/mol. The predicted octanol–water partition coefficient (Wildman–Crippen LogP) is 1.05. The molecular formula is C5H11NOS. The van der Waals surface area contributed by atoms with E-state index in [0.717, 1.165) is 6.42 Å². The molecule has 0 fully saturated rings. The number of thiocarbonyl (C=S) groups is 1. The highest BCUT2D eigenvalue weighted by molar-refractivity contribution is 7.80. The van der Waals surface area contributed by atoms with Crippen LogP contribution in [0.3, 0.4) is 0 Å². The molecule has 0 spiro atoms. The maximum Gasteiger partial charge on any atom is 0.254 e. The molecule has 0 aromatic carbocycles. The highest BCUT2D eigenvalue weighted by Crippen LogP contribution is 1.93. The molecule has 0 rings (SSSR count). The van der Waals surface area contributed by atoms with Gasteiger partial charge in [0.05, 0.1) is 6.10 Å². The standard InChI is InChI=1S/C5H11NOS/c1-3-4(2)7-5(6)8/h4H,3H2,1-2H3,(H2,6,8). The van der Waals surface area contributed by atoms with E-state index in [1.165, 1.54) is 0 Å². The van der Waals surface area contributed by atoms with Crippen LogP contribution in [0.1, 0.15) is 20.3 Å². The number of rotatable bonds is 2. The molecule has 2 N–H and O–H groups in total. The third-order valence-electron chi connectivity index (χ3n) is 0.892. The fourth-order valence-electron chi connectivity index (χ4n) is 0.282. The van der Waals surface area contributed by atoms with Crippen molar-refractivity contribution in [3.63, 3.8) is 0 Å². The molecule has 0 heterocycles. The van der Waals surface area contributed by atoms with Gasteiger partial charge in [-0.3, -0.25) is 0 Å². The summed E-state index contributed by atoms with van der Waals surface area (Å²) in [6.07, 6.45) is 1.10. The molecule has 0 aliphatic rings. The Kier molecular flexibility index (Phi) is 3.52. The fraction of sp³-hybridized carbons (Fsp3) is 0.800. The van der Waals surface area contributed by atoms with Gasteiger partial charge in [-0.05, 0) is 25.6 Å². The van der Waals surface area contributed by atoms with Crippen molar-refractivity contribution in [2.24, 2.45) is 5.73 Å². The third-order valence-corrected chi connectivity index (χ3v) is 0.988. The average Bonchev–Trinajstić information content (AvgIpc) is 1.65. The Morgan fingerprint density at radius 2 is 2.38 bits per heavy atom. The number of nitrogens with two attached hydrogens (primary N) is 1. The van der Waals surface area contributed by atoms with Gasteiger partial charge in [-0.2, -0.15) is 0 Å². The molecule has 0 saturated heterocycles. The highest BCUT2D eigenvalue weighted by atomic mass is 32.1. The number of hydrogen-bond acceptors (Lipinski definition) is 2. The van der Waals surface area contributed by atoms with Crippen LogP contribution in [0.25, 0.3) is 0 Å². The fourth-order valence-corrected chi connectivity index (χ4v) is 0.446. The molecule has 1 atom stereocenters. The van der Waals surface area contributed by atoms with Crippen molar-refractivity contribution in [3.05, 3.63) is 0 Å². The Balaban J connectivity index is 3.24. The maximum absolute atomic E-state index is 5.08. The Morgan fingerprint density at radius 3 is 2.50 bits per heavy atom. The Hall–Kier alpha value is -0.310. The lowest BCUT2D eigenvalue weighted by molar-refractivity contribution is 0.207. The summed E-state index contributed by atoms with van der Waals surface area (Å²) in [5.41, 5.74) is 5.08. The topological polar surface area (TPSA) is 35.2 Å². The van der Waals surface area contributed by atoms with Crippen molar-refractivity contribution in [2.45, 2.75) is 26.4 Å². The molecule has 1 unspecified atom stereocenters. The molecule has 8 heavy (non-hydrogen) atoms. The van der Waals surface area contributed by atoms with E-state index >= 15 is 0 Å². The average molecular weight is 133 g/mol. The van der Waals surface area contributed by atoms with E-state index in [9.17, 15) is 0 Å². The van der Waals surface area contributed by atoms with Crippen LogP contribution < -0.4 is 5.73 Å². The van der Waals surface area contributed by atoms with E-state index in [2.05, 4.69) is 12.2 Å². The van der Waals surface area contributed by atoms with Crippen LogP contribution in [0, 0.1) is 0 Å². The summed E-state index contributed by atoms with van der Waals surface area (Å²) in [5.74, 6) is 0. The molecule has 0 bridgehead atoms. The molecule has 2 nitrogen and oxygen atoms in total. The minimum absolute atomic E-state index is 0.138. The van der Waals surface area contributed by atoms with Gasteiger partial charge < -0.3 is 10.5 Å². The van der Waals surface area contributed by atoms with Crippen molar-refractivity contribution < 1.29 is 4.74 Å². The van der Waals surface area contributed by atoms with Crippen LogP contribution >= 0.6 is 12.2 Å². The first kappa shape index (κ1) is 7.69. The predicted molar refractivity (Wildman–Crippen MR) is 37.6 cm³/mol. The molecule has 48 valence electrons. The van der Waals surface area contributed by atoms with Gasteiger partial charge in [-0.15, -0.1) is 0 Å². The first-order valence-corrected chi connectivity index (χ1v) is 3.03. The Bertz CT molecular complexity index is 84.5. The summed E-state index contributed by atoms with van der Waals surface area (Å²) >= 11 is 4.49. The maximum atomic E-state index is 5.08. The molecular weight excluding hydrogens is 122 g/mol. The van der Waals surface area contributed by atoms with Gasteiger partial charge in [0.15, 0.2) is 0 Å². The molecule has 0 amide bonds. The zero-order chi connectivity index (χ0) is 6.57. The second-order valence-electron chi connectivity index (χ2n) is 1.66. The minimum atomic E-state index is 0.138.